The van der Waals surface area contributed by atoms with Gasteiger partial charge in [0.05, 0.1) is 24.6 Å². The van der Waals surface area contributed by atoms with Crippen LogP contribution in [0.1, 0.15) is 81.2 Å². The van der Waals surface area contributed by atoms with Crippen LogP contribution in [0.2, 0.25) is 0 Å². The lowest BCUT2D eigenvalue weighted by Crippen LogP contribution is -2.59. The first-order valence-electron chi connectivity index (χ1n) is 29.1. The number of phenolic OH excluding ortho intramolecular Hbond substituents is 1. The number of nitrogens with two attached hydrogens (primary N) is 3. The minimum Gasteiger partial charge on any atom is -0.508 e. The maximum Gasteiger partial charge on any atom is 0.326 e. The van der Waals surface area contributed by atoms with Gasteiger partial charge in [-0.05, 0) is 111 Å². The number of aromatic hydroxyl groups is 1. The van der Waals surface area contributed by atoms with Crippen molar-refractivity contribution in [1.82, 2.24) is 62.8 Å². The van der Waals surface area contributed by atoms with Crippen molar-refractivity contribution in [3.05, 3.63) is 120 Å². The molecule has 0 fully saturated rings. The van der Waals surface area contributed by atoms with Crippen LogP contribution >= 0.6 is 11.8 Å². The van der Waals surface area contributed by atoms with E-state index in [2.05, 4.69) is 62.8 Å². The molecule has 28 heteroatoms. The standard InChI is InChI=1S/C60H84N16O11S/c1-35(2)26-47(73-54(81)44(16-9-10-23-61)71-52(79)42(62)27-37-18-20-40(77)21-19-37)57(84)75-49(30-39-32-65-34-69-39)53(80)68-33-51(78)70-46(22-25-88-3)56(83)72-45(17-11-24-66-60(63)64)55(82)74-48(29-38-31-67-43-15-8-7-14-41(38)43)58(85)76-50(59(86)87)28-36-12-5-4-6-13-36/h4-8,12-15,18-21,31-32,34-35,42,44-50,67,77H,9-11,16-17,22-30,33,61-62H2,1-3H3,(H,65,69)(H,68,80)(H,70,78)(H,71,79)(H,72,83)(H,73,81)(H,74,82)(H,75,84)(H,76,85)(H,86,87)(H4,63,64,66)/t42-,44-,45-,46-,47-,48-,49-,50-/m0/s1. The fourth-order valence-corrected chi connectivity index (χ4v) is 9.99. The van der Waals surface area contributed by atoms with Crippen molar-refractivity contribution in [1.29, 1.82) is 5.41 Å². The third kappa shape index (κ3) is 23.7. The Kier molecular flexibility index (Phi) is 28.7. The van der Waals surface area contributed by atoms with E-state index in [1.54, 1.807) is 61.0 Å². The molecule has 2 aromatic heterocycles. The number of nitrogens with one attached hydrogen (secondary N) is 12. The molecule has 0 bridgehead atoms. The number of H-pyrrole nitrogens is 2. The zero-order valence-electron chi connectivity index (χ0n) is 49.7. The third-order valence-electron chi connectivity index (χ3n) is 14.2. The Bertz CT molecular complexity index is 3090. The molecule has 8 amide bonds. The van der Waals surface area contributed by atoms with Crippen molar-refractivity contribution < 1.29 is 53.4 Å². The van der Waals surface area contributed by atoms with E-state index in [4.69, 9.17) is 22.6 Å². The van der Waals surface area contributed by atoms with Gasteiger partial charge in [-0.1, -0.05) is 74.5 Å². The van der Waals surface area contributed by atoms with Crippen molar-refractivity contribution in [2.45, 2.75) is 133 Å². The van der Waals surface area contributed by atoms with Crippen molar-refractivity contribution in [3.8, 4) is 5.75 Å². The van der Waals surface area contributed by atoms with Crippen LogP contribution < -0.4 is 65.1 Å². The lowest BCUT2D eigenvalue weighted by molar-refractivity contribution is -0.142. The summed E-state index contributed by atoms with van der Waals surface area (Å²) in [6, 6.07) is 12.0. The second kappa shape index (κ2) is 36.2. The Morgan fingerprint density at radius 2 is 1.18 bits per heavy atom. The van der Waals surface area contributed by atoms with Crippen molar-refractivity contribution in [2.24, 2.45) is 23.1 Å². The summed E-state index contributed by atoms with van der Waals surface area (Å²) >= 11 is 1.37. The van der Waals surface area contributed by atoms with Gasteiger partial charge in [0.15, 0.2) is 5.96 Å². The number of benzene rings is 3. The number of carbonyl (C=O) groups excluding carboxylic acids is 8. The molecule has 2 heterocycles. The third-order valence-corrected chi connectivity index (χ3v) is 14.8. The van der Waals surface area contributed by atoms with Gasteiger partial charge in [0.1, 0.15) is 48.0 Å². The summed E-state index contributed by atoms with van der Waals surface area (Å²) in [6.45, 7) is 3.42. The first kappa shape index (κ1) is 69.7. The molecule has 0 saturated heterocycles. The topological polar surface area (TPSA) is 449 Å². The lowest BCUT2D eigenvalue weighted by atomic mass is 10.0. The molecule has 88 heavy (non-hydrogen) atoms. The van der Waals surface area contributed by atoms with Crippen LogP contribution in [-0.4, -0.2) is 164 Å². The summed E-state index contributed by atoms with van der Waals surface area (Å²) in [7, 11) is 0. The van der Waals surface area contributed by atoms with E-state index >= 15 is 0 Å². The maximum atomic E-state index is 14.5. The Morgan fingerprint density at radius 3 is 1.81 bits per heavy atom. The quantitative estimate of drug-likeness (QED) is 0.0140. The molecule has 0 radical (unpaired) electrons. The predicted octanol–water partition coefficient (Wildman–Crippen LogP) is -0.0196. The van der Waals surface area contributed by atoms with Crippen LogP contribution in [0.4, 0.5) is 0 Å². The number of carboxylic acid groups (broad SMARTS) is 1. The second-order valence-electron chi connectivity index (χ2n) is 21.7. The SMILES string of the molecule is CSCC[C@H](NC(=O)CNC(=O)[C@H](Cc1c[nH]cn1)NC(=O)[C@H](CC(C)C)NC(=O)[C@H](CCCCN)NC(=O)[C@@H](N)Cc1ccc(O)cc1)C(=O)N[C@@H](CCCNC(=N)N)C(=O)N[C@@H](Cc1c[nH]c2ccccc12)C(=O)N[C@@H](Cc1ccccc1)C(=O)O. The summed E-state index contributed by atoms with van der Waals surface area (Å²) in [4.78, 5) is 135. The largest absolute Gasteiger partial charge is 0.508 e. The summed E-state index contributed by atoms with van der Waals surface area (Å²) in [5.74, 6) is -7.50. The predicted molar refractivity (Wildman–Crippen MR) is 333 cm³/mol. The van der Waals surface area contributed by atoms with E-state index < -0.39 is 108 Å². The molecular formula is C60H84N16O11S. The number of fused-ring (bicyclic) bond motifs is 1. The van der Waals surface area contributed by atoms with Crippen LogP contribution in [-0.2, 0) is 68.8 Å². The maximum absolute atomic E-state index is 14.5. The number of nitrogens with zero attached hydrogens (tertiary/aromatic N) is 1. The number of aromatic nitrogens is 3. The fourth-order valence-electron chi connectivity index (χ4n) is 9.52. The number of amides is 8. The van der Waals surface area contributed by atoms with Gasteiger partial charge >= 0.3 is 5.97 Å². The van der Waals surface area contributed by atoms with E-state index in [9.17, 15) is 53.4 Å². The molecule has 5 rings (SSSR count). The number of para-hydroxylation sites is 1. The minimum absolute atomic E-state index is 0.0433. The summed E-state index contributed by atoms with van der Waals surface area (Å²) in [5.41, 5.74) is 20.6. The smallest absolute Gasteiger partial charge is 0.326 e. The van der Waals surface area contributed by atoms with Crippen LogP contribution in [0.3, 0.4) is 0 Å². The second-order valence-corrected chi connectivity index (χ2v) is 22.7. The number of imidazole rings is 1. The van der Waals surface area contributed by atoms with Gasteiger partial charge in [-0.25, -0.2) is 9.78 Å². The Morgan fingerprint density at radius 1 is 0.614 bits per heavy atom. The molecule has 0 aliphatic heterocycles. The van der Waals surface area contributed by atoms with Gasteiger partial charge in [0, 0.05) is 49.1 Å². The van der Waals surface area contributed by atoms with E-state index in [1.807, 2.05) is 32.0 Å². The van der Waals surface area contributed by atoms with Gasteiger partial charge in [0.25, 0.3) is 0 Å². The van der Waals surface area contributed by atoms with Gasteiger partial charge in [-0.15, -0.1) is 0 Å². The highest BCUT2D eigenvalue weighted by molar-refractivity contribution is 7.98. The van der Waals surface area contributed by atoms with Crippen LogP contribution in [0.25, 0.3) is 10.9 Å². The van der Waals surface area contributed by atoms with Crippen molar-refractivity contribution >= 4 is 81.9 Å². The normalized spacial score (nSPS) is 13.9. The zero-order valence-corrected chi connectivity index (χ0v) is 50.5. The number of rotatable bonds is 38. The summed E-state index contributed by atoms with van der Waals surface area (Å²) in [6.07, 6.45) is 7.59. The number of phenols is 1. The van der Waals surface area contributed by atoms with E-state index in [-0.39, 0.29) is 82.0 Å². The van der Waals surface area contributed by atoms with Crippen molar-refractivity contribution in [3.63, 3.8) is 0 Å². The molecule has 0 aliphatic carbocycles. The Labute approximate surface area is 514 Å². The van der Waals surface area contributed by atoms with Crippen LogP contribution in [0.15, 0.2) is 97.6 Å². The molecule has 0 saturated carbocycles. The lowest BCUT2D eigenvalue weighted by Gasteiger charge is -2.27. The molecule has 0 spiro atoms. The number of aliphatic carboxylic acids is 1. The molecule has 8 atom stereocenters. The number of hydrogen-bond donors (Lipinski definition) is 17. The van der Waals surface area contributed by atoms with Crippen LogP contribution in [0, 0.1) is 11.3 Å². The highest BCUT2D eigenvalue weighted by Crippen LogP contribution is 2.20. The van der Waals surface area contributed by atoms with Crippen molar-refractivity contribution in [2.75, 3.05) is 31.6 Å². The number of carbonyl (C=O) groups is 9. The first-order chi connectivity index (χ1) is 42.1. The molecule has 476 valence electrons. The molecular weight excluding hydrogens is 1150 g/mol. The molecule has 20 N–H and O–H groups in total. The number of unbranched alkanes of at least 4 members (excludes halogenated alkanes) is 1. The monoisotopic (exact) mass is 1240 g/mol. The average Bonchev–Trinajstić information content (AvgIpc) is 4.39. The average molecular weight is 1240 g/mol. The number of carboxylic acids is 1. The van der Waals surface area contributed by atoms with E-state index in [0.717, 1.165) is 10.9 Å². The highest BCUT2D eigenvalue weighted by Gasteiger charge is 2.34. The minimum atomic E-state index is -1.38. The van der Waals surface area contributed by atoms with Gasteiger partial charge in [-0.3, -0.25) is 43.8 Å². The van der Waals surface area contributed by atoms with Gasteiger partial charge < -0.3 is 85.2 Å². The highest BCUT2D eigenvalue weighted by atomic mass is 32.2. The molecule has 27 nitrogen and oxygen atoms in total. The van der Waals surface area contributed by atoms with Gasteiger partial charge in [0.2, 0.25) is 47.3 Å². The number of guanidine groups is 1. The molecule has 0 aliphatic rings. The first-order valence-corrected chi connectivity index (χ1v) is 30.5. The Hall–Kier alpha value is -9.02. The van der Waals surface area contributed by atoms with Gasteiger partial charge in [-0.2, -0.15) is 11.8 Å². The molecule has 0 unspecified atom stereocenters. The van der Waals surface area contributed by atoms with Crippen LogP contribution in [0.5, 0.6) is 5.75 Å². The number of aromatic amines is 2. The fraction of sp³-hybridized carbons (Fsp3) is 0.450. The summed E-state index contributed by atoms with van der Waals surface area (Å²) in [5, 5.41) is 52.3. The molecule has 5 aromatic rings. The Balaban J connectivity index is 1.30. The zero-order chi connectivity index (χ0) is 64.1. The molecule has 3 aromatic carbocycles. The number of hydrogen-bond acceptors (Lipinski definition) is 15. The van der Waals surface area contributed by atoms with E-state index in [1.165, 1.54) is 36.4 Å². The summed E-state index contributed by atoms with van der Waals surface area (Å²) < 4.78 is 0. The van der Waals surface area contributed by atoms with E-state index in [0.29, 0.717) is 47.5 Å². The number of thioether (sulfide) groups is 1.